The molecule has 1 heterocycles. The van der Waals surface area contributed by atoms with Crippen LogP contribution in [0.4, 0.5) is 4.39 Å². The summed E-state index contributed by atoms with van der Waals surface area (Å²) in [6, 6.07) is 4.49. The largest absolute Gasteiger partial charge is 0.487 e. The van der Waals surface area contributed by atoms with Crippen molar-refractivity contribution < 1.29 is 9.13 Å². The molecule has 0 aliphatic rings. The highest BCUT2D eigenvalue weighted by Gasteiger charge is 2.03. The maximum Gasteiger partial charge on any atom is 0.131 e. The summed E-state index contributed by atoms with van der Waals surface area (Å²) in [6.07, 6.45) is 0.927. The zero-order chi connectivity index (χ0) is 12.3. The van der Waals surface area contributed by atoms with Crippen molar-refractivity contribution in [2.24, 2.45) is 0 Å². The number of rotatable bonds is 4. The van der Waals surface area contributed by atoms with E-state index in [1.165, 1.54) is 12.1 Å². The van der Waals surface area contributed by atoms with E-state index in [0.717, 1.165) is 17.1 Å². The Bertz CT molecular complexity index is 495. The van der Waals surface area contributed by atoms with Crippen LogP contribution in [-0.2, 0) is 13.0 Å². The molecule has 2 aromatic rings. The number of benzene rings is 1. The smallest absolute Gasteiger partial charge is 0.131 e. The lowest BCUT2D eigenvalue weighted by Gasteiger charge is -2.04. The molecule has 0 radical (unpaired) electrons. The summed E-state index contributed by atoms with van der Waals surface area (Å²) < 4.78 is 19.2. The Hall–Kier alpha value is -0.940. The van der Waals surface area contributed by atoms with Gasteiger partial charge in [-0.2, -0.15) is 0 Å². The highest BCUT2D eigenvalue weighted by molar-refractivity contribution is 9.10. The third-order valence-electron chi connectivity index (χ3n) is 2.12. The minimum absolute atomic E-state index is 0.318. The average Bonchev–Trinajstić information content (AvgIpc) is 2.73. The van der Waals surface area contributed by atoms with Crippen LogP contribution in [0.5, 0.6) is 5.75 Å². The molecule has 0 amide bonds. The van der Waals surface area contributed by atoms with Gasteiger partial charge in [-0.15, -0.1) is 11.3 Å². The standard InChI is InChI=1S/C12H11BrFNOS/c1-2-12-15-10(7-17-12)6-16-11-4-8(13)3-9(14)5-11/h3-5,7H,2,6H2,1H3. The summed E-state index contributed by atoms with van der Waals surface area (Å²) in [5, 5.41) is 3.05. The van der Waals surface area contributed by atoms with E-state index in [2.05, 4.69) is 27.8 Å². The number of nitrogens with zero attached hydrogens (tertiary/aromatic N) is 1. The van der Waals surface area contributed by atoms with E-state index in [1.54, 1.807) is 17.4 Å². The van der Waals surface area contributed by atoms with Crippen LogP contribution in [0.2, 0.25) is 0 Å². The van der Waals surface area contributed by atoms with Crippen molar-refractivity contribution in [3.8, 4) is 5.75 Å². The van der Waals surface area contributed by atoms with Crippen LogP contribution < -0.4 is 4.74 Å². The Balaban J connectivity index is 2.01. The molecule has 2 rings (SSSR count). The average molecular weight is 316 g/mol. The van der Waals surface area contributed by atoms with Gasteiger partial charge >= 0.3 is 0 Å². The number of halogens is 2. The second kappa shape index (κ2) is 5.60. The van der Waals surface area contributed by atoms with E-state index in [9.17, 15) is 4.39 Å². The zero-order valence-electron chi connectivity index (χ0n) is 9.24. The third kappa shape index (κ3) is 3.51. The normalized spacial score (nSPS) is 10.5. The fourth-order valence-corrected chi connectivity index (χ4v) is 2.52. The molecular formula is C12H11BrFNOS. The molecule has 0 bridgehead atoms. The minimum Gasteiger partial charge on any atom is -0.487 e. The van der Waals surface area contributed by atoms with Gasteiger partial charge in [-0.1, -0.05) is 22.9 Å². The molecule has 1 aromatic carbocycles. The lowest BCUT2D eigenvalue weighted by Crippen LogP contribution is -1.96. The minimum atomic E-state index is -0.318. The highest BCUT2D eigenvalue weighted by Crippen LogP contribution is 2.21. The predicted molar refractivity (Wildman–Crippen MR) is 69.9 cm³/mol. The van der Waals surface area contributed by atoms with Crippen LogP contribution in [0, 0.1) is 5.82 Å². The molecular weight excluding hydrogens is 305 g/mol. The Morgan fingerprint density at radius 3 is 2.88 bits per heavy atom. The summed E-state index contributed by atoms with van der Waals surface area (Å²) in [7, 11) is 0. The third-order valence-corrected chi connectivity index (χ3v) is 3.62. The molecule has 5 heteroatoms. The predicted octanol–water partition coefficient (Wildman–Crippen LogP) is 4.19. The maximum atomic E-state index is 13.1. The van der Waals surface area contributed by atoms with E-state index in [1.807, 2.05) is 5.38 Å². The van der Waals surface area contributed by atoms with Gasteiger partial charge in [0.2, 0.25) is 0 Å². The first kappa shape index (κ1) is 12.5. The number of thiazole rings is 1. The van der Waals surface area contributed by atoms with Crippen molar-refractivity contribution in [2.75, 3.05) is 0 Å². The van der Waals surface area contributed by atoms with Gasteiger partial charge in [-0.05, 0) is 18.6 Å². The molecule has 0 spiro atoms. The van der Waals surface area contributed by atoms with Gasteiger partial charge in [0.15, 0.2) is 0 Å². The highest BCUT2D eigenvalue weighted by atomic mass is 79.9. The van der Waals surface area contributed by atoms with E-state index >= 15 is 0 Å². The fraction of sp³-hybridized carbons (Fsp3) is 0.250. The van der Waals surface area contributed by atoms with Gasteiger partial charge < -0.3 is 4.74 Å². The van der Waals surface area contributed by atoms with Gasteiger partial charge in [0.25, 0.3) is 0 Å². The second-order valence-corrected chi connectivity index (χ2v) is 5.34. The molecule has 1 aromatic heterocycles. The summed E-state index contributed by atoms with van der Waals surface area (Å²) in [5.41, 5.74) is 0.882. The Kier molecular flexibility index (Phi) is 4.12. The van der Waals surface area contributed by atoms with E-state index in [4.69, 9.17) is 4.74 Å². The molecule has 90 valence electrons. The zero-order valence-corrected chi connectivity index (χ0v) is 11.6. The summed E-state index contributed by atoms with van der Waals surface area (Å²) in [5.74, 6) is 0.185. The van der Waals surface area contributed by atoms with Crippen LogP contribution in [0.25, 0.3) is 0 Å². The van der Waals surface area contributed by atoms with Gasteiger partial charge in [-0.25, -0.2) is 9.37 Å². The number of aromatic nitrogens is 1. The van der Waals surface area contributed by atoms with Gasteiger partial charge in [0.05, 0.1) is 10.7 Å². The molecule has 0 N–H and O–H groups in total. The van der Waals surface area contributed by atoms with Crippen molar-refractivity contribution in [2.45, 2.75) is 20.0 Å². The summed E-state index contributed by atoms with van der Waals surface area (Å²) in [4.78, 5) is 4.38. The molecule has 2 nitrogen and oxygen atoms in total. The monoisotopic (exact) mass is 315 g/mol. The molecule has 0 atom stereocenters. The molecule has 0 aliphatic carbocycles. The summed E-state index contributed by atoms with van der Waals surface area (Å²) >= 11 is 4.84. The van der Waals surface area contributed by atoms with Crippen molar-refractivity contribution in [1.29, 1.82) is 0 Å². The number of hydrogen-bond donors (Lipinski definition) is 0. The van der Waals surface area contributed by atoms with Crippen LogP contribution in [-0.4, -0.2) is 4.98 Å². The van der Waals surface area contributed by atoms with Crippen molar-refractivity contribution in [3.05, 3.63) is 44.6 Å². The quantitative estimate of drug-likeness (QED) is 0.844. The van der Waals surface area contributed by atoms with Gasteiger partial charge in [0.1, 0.15) is 18.2 Å². The van der Waals surface area contributed by atoms with Gasteiger partial charge in [-0.3, -0.25) is 0 Å². The Morgan fingerprint density at radius 1 is 1.41 bits per heavy atom. The van der Waals surface area contributed by atoms with Crippen LogP contribution >= 0.6 is 27.3 Å². The number of aryl methyl sites for hydroxylation is 1. The molecule has 0 unspecified atom stereocenters. The lowest BCUT2D eigenvalue weighted by molar-refractivity contribution is 0.300. The fourth-order valence-electron chi connectivity index (χ4n) is 1.35. The molecule has 0 aliphatic heterocycles. The number of ether oxygens (including phenoxy) is 1. The molecule has 0 fully saturated rings. The first-order chi connectivity index (χ1) is 8.17. The van der Waals surface area contributed by atoms with Crippen molar-refractivity contribution in [1.82, 2.24) is 4.98 Å². The second-order valence-electron chi connectivity index (χ2n) is 3.48. The van der Waals surface area contributed by atoms with Crippen LogP contribution in [0.3, 0.4) is 0 Å². The Morgan fingerprint density at radius 2 is 2.24 bits per heavy atom. The maximum absolute atomic E-state index is 13.1. The van der Waals surface area contributed by atoms with E-state index < -0.39 is 0 Å². The molecule has 0 saturated carbocycles. The van der Waals surface area contributed by atoms with Gasteiger partial charge in [0, 0.05) is 15.9 Å². The van der Waals surface area contributed by atoms with E-state index in [-0.39, 0.29) is 5.82 Å². The van der Waals surface area contributed by atoms with E-state index in [0.29, 0.717) is 16.8 Å². The number of hydrogen-bond acceptors (Lipinski definition) is 3. The van der Waals surface area contributed by atoms with Crippen LogP contribution in [0.1, 0.15) is 17.6 Å². The SMILES string of the molecule is CCc1nc(COc2cc(F)cc(Br)c2)cs1. The summed E-state index contributed by atoms with van der Waals surface area (Å²) in [6.45, 7) is 2.43. The Labute approximate surface area is 112 Å². The van der Waals surface area contributed by atoms with Crippen molar-refractivity contribution in [3.63, 3.8) is 0 Å². The van der Waals surface area contributed by atoms with Crippen molar-refractivity contribution >= 4 is 27.3 Å². The first-order valence-electron chi connectivity index (χ1n) is 5.19. The topological polar surface area (TPSA) is 22.1 Å². The molecule has 0 saturated heterocycles. The molecule has 17 heavy (non-hydrogen) atoms. The van der Waals surface area contributed by atoms with Crippen LogP contribution in [0.15, 0.2) is 28.1 Å². The first-order valence-corrected chi connectivity index (χ1v) is 6.87. The lowest BCUT2D eigenvalue weighted by atomic mass is 10.3.